The smallest absolute Gasteiger partial charge is 0.251 e. The molecule has 5 heteroatoms. The molecule has 3 rings (SSSR count). The number of hydrogen-bond donors (Lipinski definition) is 1. The lowest BCUT2D eigenvalue weighted by Gasteiger charge is -2.23. The summed E-state index contributed by atoms with van der Waals surface area (Å²) >= 11 is 0. The Bertz CT molecular complexity index is 698. The van der Waals surface area contributed by atoms with E-state index in [4.69, 9.17) is 5.26 Å². The third kappa shape index (κ3) is 2.95. The number of fused-ring (bicyclic) bond motifs is 1. The van der Waals surface area contributed by atoms with Crippen LogP contribution in [0.1, 0.15) is 28.2 Å². The molecule has 0 unspecified atom stereocenters. The summed E-state index contributed by atoms with van der Waals surface area (Å²) in [5, 5.41) is 11.8. The highest BCUT2D eigenvalue weighted by Gasteiger charge is 2.19. The van der Waals surface area contributed by atoms with E-state index in [2.05, 4.69) is 14.9 Å². The standard InChI is InChI=1S/C16H16N4O/c17-10-12-2-1-3-14(8-12)16(21)19-11-13-4-6-20-7-5-18-15(20)9-13/h1-3,5,7-8,13H,4,6,9,11H2,(H,19,21)/t13-/m0/s1. The molecule has 106 valence electrons. The third-order valence-corrected chi connectivity index (χ3v) is 3.86. The SMILES string of the molecule is N#Cc1cccc(C(=O)NC[C@H]2CCn3ccnc3C2)c1. The maximum absolute atomic E-state index is 12.1. The van der Waals surface area contributed by atoms with Crippen LogP contribution in [0, 0.1) is 17.2 Å². The van der Waals surface area contributed by atoms with Gasteiger partial charge in [-0.2, -0.15) is 5.26 Å². The van der Waals surface area contributed by atoms with Gasteiger partial charge in [-0.3, -0.25) is 4.79 Å². The highest BCUT2D eigenvalue weighted by molar-refractivity contribution is 5.94. The Morgan fingerprint density at radius 3 is 3.29 bits per heavy atom. The van der Waals surface area contributed by atoms with Crippen molar-refractivity contribution >= 4 is 5.91 Å². The molecule has 1 amide bonds. The lowest BCUT2D eigenvalue weighted by molar-refractivity contribution is 0.0944. The average molecular weight is 280 g/mol. The van der Waals surface area contributed by atoms with E-state index in [0.29, 0.717) is 23.6 Å². The van der Waals surface area contributed by atoms with E-state index in [1.807, 2.05) is 18.5 Å². The summed E-state index contributed by atoms with van der Waals surface area (Å²) in [5.41, 5.74) is 1.04. The Hall–Kier alpha value is -2.61. The number of hydrogen-bond acceptors (Lipinski definition) is 3. The number of aryl methyl sites for hydroxylation is 1. The van der Waals surface area contributed by atoms with E-state index in [1.54, 1.807) is 24.3 Å². The summed E-state index contributed by atoms with van der Waals surface area (Å²) in [6, 6.07) is 8.80. The van der Waals surface area contributed by atoms with E-state index in [0.717, 1.165) is 25.2 Å². The molecular formula is C16H16N4O. The monoisotopic (exact) mass is 280 g/mol. The second-order valence-corrected chi connectivity index (χ2v) is 5.30. The van der Waals surface area contributed by atoms with Crippen molar-refractivity contribution in [3.8, 4) is 6.07 Å². The average Bonchev–Trinajstić information content (AvgIpc) is 3.00. The number of nitrogens with zero attached hydrogens (tertiary/aromatic N) is 3. The number of rotatable bonds is 3. The van der Waals surface area contributed by atoms with Gasteiger partial charge >= 0.3 is 0 Å². The second kappa shape index (κ2) is 5.80. The van der Waals surface area contributed by atoms with E-state index in [1.165, 1.54) is 0 Å². The lowest BCUT2D eigenvalue weighted by atomic mass is 9.97. The van der Waals surface area contributed by atoms with Gasteiger partial charge < -0.3 is 9.88 Å². The fourth-order valence-electron chi connectivity index (χ4n) is 2.66. The zero-order chi connectivity index (χ0) is 14.7. The molecule has 1 aliphatic rings. The van der Waals surface area contributed by atoms with Gasteiger partial charge in [-0.25, -0.2) is 4.98 Å². The summed E-state index contributed by atoms with van der Waals surface area (Å²) in [4.78, 5) is 16.4. The van der Waals surface area contributed by atoms with E-state index >= 15 is 0 Å². The highest BCUT2D eigenvalue weighted by atomic mass is 16.1. The largest absolute Gasteiger partial charge is 0.352 e. The molecule has 0 saturated heterocycles. The second-order valence-electron chi connectivity index (χ2n) is 5.30. The molecule has 1 N–H and O–H groups in total. The zero-order valence-electron chi connectivity index (χ0n) is 11.6. The van der Waals surface area contributed by atoms with Gasteiger partial charge in [-0.1, -0.05) is 6.07 Å². The van der Waals surface area contributed by atoms with Crippen LogP contribution in [0.2, 0.25) is 0 Å². The molecule has 1 aliphatic heterocycles. The van der Waals surface area contributed by atoms with Crippen LogP contribution in [-0.2, 0) is 13.0 Å². The minimum Gasteiger partial charge on any atom is -0.352 e. The molecule has 5 nitrogen and oxygen atoms in total. The van der Waals surface area contributed by atoms with Gasteiger partial charge in [0.2, 0.25) is 0 Å². The van der Waals surface area contributed by atoms with Crippen molar-refractivity contribution < 1.29 is 4.79 Å². The summed E-state index contributed by atoms with van der Waals surface area (Å²) in [6.45, 7) is 1.60. The van der Waals surface area contributed by atoms with Crippen LogP contribution in [0.4, 0.5) is 0 Å². The zero-order valence-corrected chi connectivity index (χ0v) is 11.6. The fraction of sp³-hybridized carbons (Fsp3) is 0.312. The highest BCUT2D eigenvalue weighted by Crippen LogP contribution is 2.18. The van der Waals surface area contributed by atoms with Crippen LogP contribution < -0.4 is 5.32 Å². The third-order valence-electron chi connectivity index (χ3n) is 3.86. The summed E-state index contributed by atoms with van der Waals surface area (Å²) in [5.74, 6) is 1.39. The van der Waals surface area contributed by atoms with Gasteiger partial charge in [-0.15, -0.1) is 0 Å². The quantitative estimate of drug-likeness (QED) is 0.931. The van der Waals surface area contributed by atoms with Gasteiger partial charge in [0, 0.05) is 37.5 Å². The van der Waals surface area contributed by atoms with Gasteiger partial charge in [0.25, 0.3) is 5.91 Å². The predicted molar refractivity (Wildman–Crippen MR) is 77.5 cm³/mol. The van der Waals surface area contributed by atoms with Crippen LogP contribution in [0.5, 0.6) is 0 Å². The predicted octanol–water partition coefficient (Wildman–Crippen LogP) is 1.75. The van der Waals surface area contributed by atoms with Crippen molar-refractivity contribution in [1.29, 1.82) is 5.26 Å². The number of carbonyl (C=O) groups is 1. The molecule has 1 aromatic heterocycles. The maximum Gasteiger partial charge on any atom is 0.251 e. The molecule has 1 atom stereocenters. The Morgan fingerprint density at radius 2 is 2.43 bits per heavy atom. The first-order chi connectivity index (χ1) is 10.3. The van der Waals surface area contributed by atoms with Crippen LogP contribution in [-0.4, -0.2) is 22.0 Å². The molecule has 0 spiro atoms. The lowest BCUT2D eigenvalue weighted by Crippen LogP contribution is -2.33. The van der Waals surface area contributed by atoms with Gasteiger partial charge in [-0.05, 0) is 30.5 Å². The van der Waals surface area contributed by atoms with Crippen molar-refractivity contribution in [2.75, 3.05) is 6.54 Å². The first-order valence-electron chi connectivity index (χ1n) is 7.04. The molecule has 0 aliphatic carbocycles. The number of carbonyl (C=O) groups excluding carboxylic acids is 1. The fourth-order valence-corrected chi connectivity index (χ4v) is 2.66. The van der Waals surface area contributed by atoms with Crippen LogP contribution in [0.3, 0.4) is 0 Å². The van der Waals surface area contributed by atoms with E-state index in [-0.39, 0.29) is 5.91 Å². The Morgan fingerprint density at radius 1 is 1.52 bits per heavy atom. The minimum absolute atomic E-state index is 0.124. The Labute approximate surface area is 123 Å². The Kier molecular flexibility index (Phi) is 3.69. The summed E-state index contributed by atoms with van der Waals surface area (Å²) in [7, 11) is 0. The van der Waals surface area contributed by atoms with Crippen molar-refractivity contribution in [2.24, 2.45) is 5.92 Å². The van der Waals surface area contributed by atoms with Gasteiger partial charge in [0.1, 0.15) is 5.82 Å². The molecule has 0 radical (unpaired) electrons. The van der Waals surface area contributed by atoms with Crippen molar-refractivity contribution in [1.82, 2.24) is 14.9 Å². The maximum atomic E-state index is 12.1. The number of benzene rings is 1. The topological polar surface area (TPSA) is 70.7 Å². The van der Waals surface area contributed by atoms with Crippen LogP contribution >= 0.6 is 0 Å². The van der Waals surface area contributed by atoms with Gasteiger partial charge in [0.15, 0.2) is 0 Å². The molecule has 0 fully saturated rings. The van der Waals surface area contributed by atoms with Gasteiger partial charge in [0.05, 0.1) is 11.6 Å². The molecule has 1 aromatic carbocycles. The molecular weight excluding hydrogens is 264 g/mol. The van der Waals surface area contributed by atoms with E-state index in [9.17, 15) is 4.79 Å². The number of nitrogens with one attached hydrogen (secondary N) is 1. The van der Waals surface area contributed by atoms with Crippen molar-refractivity contribution in [3.05, 3.63) is 53.6 Å². The molecule has 2 aromatic rings. The number of aromatic nitrogens is 2. The number of nitriles is 1. The molecule has 2 heterocycles. The first kappa shape index (κ1) is 13.4. The van der Waals surface area contributed by atoms with Crippen molar-refractivity contribution in [2.45, 2.75) is 19.4 Å². The molecule has 21 heavy (non-hydrogen) atoms. The Balaban J connectivity index is 1.58. The van der Waals surface area contributed by atoms with Crippen LogP contribution in [0.15, 0.2) is 36.7 Å². The molecule has 0 saturated carbocycles. The first-order valence-corrected chi connectivity index (χ1v) is 7.04. The van der Waals surface area contributed by atoms with Crippen LogP contribution in [0.25, 0.3) is 0 Å². The minimum atomic E-state index is -0.124. The van der Waals surface area contributed by atoms with Crippen molar-refractivity contribution in [3.63, 3.8) is 0 Å². The number of amides is 1. The van der Waals surface area contributed by atoms with E-state index < -0.39 is 0 Å². The number of imidazole rings is 1. The molecule has 0 bridgehead atoms. The summed E-state index contributed by atoms with van der Waals surface area (Å²) < 4.78 is 2.16. The normalized spacial score (nSPS) is 16.8. The summed E-state index contributed by atoms with van der Waals surface area (Å²) in [6.07, 6.45) is 5.76.